The molecular formula is C23H28N4O6. The average molecular weight is 456 g/mol. The molecule has 176 valence electrons. The summed E-state index contributed by atoms with van der Waals surface area (Å²) in [5, 5.41) is 19.9. The Hall–Kier alpha value is -3.66. The molecule has 2 aromatic carbocycles. The van der Waals surface area contributed by atoms with E-state index in [1.54, 1.807) is 25.3 Å². The second-order valence-corrected chi connectivity index (χ2v) is 7.69. The predicted molar refractivity (Wildman–Crippen MR) is 123 cm³/mol. The van der Waals surface area contributed by atoms with Gasteiger partial charge in [-0.15, -0.1) is 0 Å². The summed E-state index contributed by atoms with van der Waals surface area (Å²) >= 11 is 0. The van der Waals surface area contributed by atoms with Crippen molar-refractivity contribution in [3.8, 4) is 5.75 Å². The van der Waals surface area contributed by atoms with Gasteiger partial charge in [-0.05, 0) is 49.1 Å². The van der Waals surface area contributed by atoms with Gasteiger partial charge < -0.3 is 25.4 Å². The molecule has 0 bridgehead atoms. The highest BCUT2D eigenvalue weighted by atomic mass is 16.6. The molecule has 1 aliphatic rings. The minimum Gasteiger partial charge on any atom is -0.484 e. The van der Waals surface area contributed by atoms with Crippen LogP contribution in [0.25, 0.3) is 0 Å². The van der Waals surface area contributed by atoms with Crippen LogP contribution in [-0.4, -0.2) is 56.2 Å². The summed E-state index contributed by atoms with van der Waals surface area (Å²) in [6, 6.07) is 11.9. The zero-order valence-electron chi connectivity index (χ0n) is 18.5. The van der Waals surface area contributed by atoms with Gasteiger partial charge in [-0.1, -0.05) is 12.1 Å². The maximum atomic E-state index is 12.4. The van der Waals surface area contributed by atoms with Gasteiger partial charge in [-0.25, -0.2) is 0 Å². The van der Waals surface area contributed by atoms with E-state index in [1.165, 1.54) is 12.1 Å². The van der Waals surface area contributed by atoms with Crippen LogP contribution in [0.4, 0.5) is 11.4 Å². The molecule has 2 aromatic rings. The number of hydrogen-bond donors (Lipinski definition) is 3. The number of amides is 2. The third kappa shape index (κ3) is 7.76. The van der Waals surface area contributed by atoms with Gasteiger partial charge in [-0.3, -0.25) is 19.7 Å². The van der Waals surface area contributed by atoms with Crippen molar-refractivity contribution in [3.05, 3.63) is 63.7 Å². The highest BCUT2D eigenvalue weighted by Crippen LogP contribution is 2.25. The Morgan fingerprint density at radius 2 is 1.88 bits per heavy atom. The quantitative estimate of drug-likeness (QED) is 0.239. The van der Waals surface area contributed by atoms with E-state index in [0.29, 0.717) is 43.6 Å². The van der Waals surface area contributed by atoms with Gasteiger partial charge in [0.2, 0.25) is 0 Å². The van der Waals surface area contributed by atoms with Crippen LogP contribution in [0.15, 0.2) is 42.5 Å². The zero-order valence-corrected chi connectivity index (χ0v) is 18.5. The fourth-order valence-corrected chi connectivity index (χ4v) is 3.08. The molecule has 0 radical (unpaired) electrons. The highest BCUT2D eigenvalue weighted by Gasteiger charge is 2.23. The maximum Gasteiger partial charge on any atom is 0.293 e. The smallest absolute Gasteiger partial charge is 0.293 e. The topological polar surface area (TPSA) is 132 Å². The van der Waals surface area contributed by atoms with Crippen molar-refractivity contribution in [1.29, 1.82) is 0 Å². The standard InChI is InChI=1S/C23H28N4O6/c1-32-13-12-24-20-9-4-17(14-21(20)27(30)31)23(29)25-11-10-16-2-7-19(8-3-16)33-15-22(28)26-18-5-6-18/h2-4,7-9,14,18,24H,5-6,10-13,15H2,1H3,(H,25,29)(H,26,28). The van der Waals surface area contributed by atoms with E-state index >= 15 is 0 Å². The minimum absolute atomic E-state index is 0.0151. The molecule has 0 unspecified atom stereocenters. The van der Waals surface area contributed by atoms with Crippen LogP contribution in [0.2, 0.25) is 0 Å². The lowest BCUT2D eigenvalue weighted by Gasteiger charge is -2.10. The van der Waals surface area contributed by atoms with E-state index in [0.717, 1.165) is 18.4 Å². The molecule has 2 amide bonds. The fourth-order valence-electron chi connectivity index (χ4n) is 3.08. The second kappa shape index (κ2) is 11.8. The average Bonchev–Trinajstić information content (AvgIpc) is 3.62. The number of ether oxygens (including phenoxy) is 2. The number of hydrogen-bond acceptors (Lipinski definition) is 7. The largest absolute Gasteiger partial charge is 0.484 e. The molecule has 10 nitrogen and oxygen atoms in total. The van der Waals surface area contributed by atoms with Crippen LogP contribution in [0.3, 0.4) is 0 Å². The number of nitro benzene ring substituents is 1. The summed E-state index contributed by atoms with van der Waals surface area (Å²) in [7, 11) is 1.54. The number of anilines is 1. The van der Waals surface area contributed by atoms with E-state index in [9.17, 15) is 19.7 Å². The SMILES string of the molecule is COCCNc1ccc(C(=O)NCCc2ccc(OCC(=O)NC3CC3)cc2)cc1[N+](=O)[O-]. The molecule has 1 saturated carbocycles. The first-order valence-electron chi connectivity index (χ1n) is 10.8. The summed E-state index contributed by atoms with van der Waals surface area (Å²) in [5.74, 6) is 0.0896. The Balaban J connectivity index is 1.45. The molecule has 1 aliphatic carbocycles. The number of carbonyl (C=O) groups excluding carboxylic acids is 2. The lowest BCUT2D eigenvalue weighted by Crippen LogP contribution is -2.30. The molecule has 0 spiro atoms. The number of nitrogens with zero attached hydrogens (tertiary/aromatic N) is 1. The Kier molecular flexibility index (Phi) is 8.59. The number of benzene rings is 2. The molecule has 10 heteroatoms. The summed E-state index contributed by atoms with van der Waals surface area (Å²) in [6.45, 7) is 1.17. The van der Waals surface area contributed by atoms with E-state index in [-0.39, 0.29) is 29.7 Å². The highest BCUT2D eigenvalue weighted by molar-refractivity contribution is 5.95. The minimum atomic E-state index is -0.523. The molecule has 0 aromatic heterocycles. The van der Waals surface area contributed by atoms with Crippen molar-refractivity contribution >= 4 is 23.2 Å². The first-order chi connectivity index (χ1) is 16.0. The molecule has 3 N–H and O–H groups in total. The molecule has 0 aliphatic heterocycles. The normalized spacial score (nSPS) is 12.6. The third-order valence-corrected chi connectivity index (χ3v) is 5.01. The van der Waals surface area contributed by atoms with Gasteiger partial charge in [0, 0.05) is 37.9 Å². The Labute approximate surface area is 191 Å². The number of carbonyl (C=O) groups is 2. The Morgan fingerprint density at radius 3 is 2.55 bits per heavy atom. The van der Waals surface area contributed by atoms with E-state index in [1.807, 2.05) is 12.1 Å². The van der Waals surface area contributed by atoms with Gasteiger partial charge in [-0.2, -0.15) is 0 Å². The van der Waals surface area contributed by atoms with Crippen LogP contribution in [0, 0.1) is 10.1 Å². The van der Waals surface area contributed by atoms with E-state index < -0.39 is 4.92 Å². The van der Waals surface area contributed by atoms with E-state index in [2.05, 4.69) is 16.0 Å². The Bertz CT molecular complexity index is 975. The lowest BCUT2D eigenvalue weighted by molar-refractivity contribution is -0.384. The first kappa shape index (κ1) is 24.0. The number of nitrogens with one attached hydrogen (secondary N) is 3. The van der Waals surface area contributed by atoms with Gasteiger partial charge >= 0.3 is 0 Å². The van der Waals surface area contributed by atoms with Gasteiger partial charge in [0.1, 0.15) is 11.4 Å². The van der Waals surface area contributed by atoms with Gasteiger partial charge in [0.15, 0.2) is 6.61 Å². The summed E-state index contributed by atoms with van der Waals surface area (Å²) in [5.41, 5.74) is 1.36. The predicted octanol–water partition coefficient (Wildman–Crippen LogP) is 2.28. The van der Waals surface area contributed by atoms with Gasteiger partial charge in [0.05, 0.1) is 11.5 Å². The number of nitro groups is 1. The van der Waals surface area contributed by atoms with Crippen LogP contribution in [0.5, 0.6) is 5.75 Å². The third-order valence-electron chi connectivity index (χ3n) is 5.01. The zero-order chi connectivity index (χ0) is 23.6. The van der Waals surface area contributed by atoms with E-state index in [4.69, 9.17) is 9.47 Å². The number of rotatable bonds is 13. The lowest BCUT2D eigenvalue weighted by atomic mass is 10.1. The molecule has 0 atom stereocenters. The summed E-state index contributed by atoms with van der Waals surface area (Å²) in [6.07, 6.45) is 2.64. The van der Waals surface area contributed by atoms with Crippen molar-refractivity contribution in [2.75, 3.05) is 38.7 Å². The van der Waals surface area contributed by atoms with Crippen molar-refractivity contribution in [1.82, 2.24) is 10.6 Å². The van der Waals surface area contributed by atoms with Crippen molar-refractivity contribution in [2.45, 2.75) is 25.3 Å². The monoisotopic (exact) mass is 456 g/mol. The van der Waals surface area contributed by atoms with Crippen molar-refractivity contribution < 1.29 is 24.0 Å². The summed E-state index contributed by atoms with van der Waals surface area (Å²) in [4.78, 5) is 34.9. The van der Waals surface area contributed by atoms with Crippen molar-refractivity contribution in [3.63, 3.8) is 0 Å². The van der Waals surface area contributed by atoms with Crippen LogP contribution < -0.4 is 20.7 Å². The van der Waals surface area contributed by atoms with Gasteiger partial charge in [0.25, 0.3) is 17.5 Å². The fraction of sp³-hybridized carbons (Fsp3) is 0.391. The molecule has 0 heterocycles. The van der Waals surface area contributed by atoms with Crippen LogP contribution in [0.1, 0.15) is 28.8 Å². The summed E-state index contributed by atoms with van der Waals surface area (Å²) < 4.78 is 10.4. The molecule has 1 fully saturated rings. The first-order valence-corrected chi connectivity index (χ1v) is 10.8. The molecule has 0 saturated heterocycles. The van der Waals surface area contributed by atoms with Crippen molar-refractivity contribution in [2.24, 2.45) is 0 Å². The number of methoxy groups -OCH3 is 1. The second-order valence-electron chi connectivity index (χ2n) is 7.69. The van der Waals surface area contributed by atoms with Crippen LogP contribution >= 0.6 is 0 Å². The molecule has 33 heavy (non-hydrogen) atoms. The maximum absolute atomic E-state index is 12.4. The Morgan fingerprint density at radius 1 is 1.12 bits per heavy atom. The molecule has 3 rings (SSSR count). The molecular weight excluding hydrogens is 428 g/mol. The van der Waals surface area contributed by atoms with Crippen LogP contribution in [-0.2, 0) is 16.0 Å².